The van der Waals surface area contributed by atoms with E-state index in [0.717, 1.165) is 9.46 Å². The maximum Gasteiger partial charge on any atom is 0.499 e. The highest BCUT2D eigenvalue weighted by molar-refractivity contribution is 6.64. The van der Waals surface area contributed by atoms with Crippen molar-refractivity contribution in [1.82, 2.24) is 9.46 Å². The Kier molecular flexibility index (Phi) is 3.56. The van der Waals surface area contributed by atoms with E-state index in [1.165, 1.54) is 24.5 Å². The lowest BCUT2D eigenvalue weighted by molar-refractivity contribution is 0.138. The highest BCUT2D eigenvalue weighted by atomic mass is 28.4. The zero-order valence-electron chi connectivity index (χ0n) is 10.6. The van der Waals surface area contributed by atoms with Crippen LogP contribution in [-0.4, -0.2) is 18.0 Å². The van der Waals surface area contributed by atoms with Crippen molar-refractivity contribution in [2.75, 3.05) is 0 Å². The molecular weight excluding hydrogens is 264 g/mol. The first kappa shape index (κ1) is 13.2. The molecule has 0 unspecified atom stereocenters. The minimum atomic E-state index is -2.72. The summed E-state index contributed by atoms with van der Waals surface area (Å²) in [5.74, 6) is 0. The Morgan fingerprint density at radius 2 is 1.26 bits per heavy atom. The molecule has 0 saturated carbocycles. The summed E-state index contributed by atoms with van der Waals surface area (Å²) in [5, 5.41) is 0. The molecule has 6 nitrogen and oxygen atoms in total. The third-order valence-electron chi connectivity index (χ3n) is 2.21. The van der Waals surface area contributed by atoms with Gasteiger partial charge in [-0.3, -0.25) is 9.59 Å². The Bertz CT molecular complexity index is 620. The van der Waals surface area contributed by atoms with Crippen LogP contribution >= 0.6 is 0 Å². The van der Waals surface area contributed by atoms with Gasteiger partial charge in [-0.05, 0) is 12.1 Å². The van der Waals surface area contributed by atoms with Crippen LogP contribution in [0.25, 0.3) is 0 Å². The molecule has 0 aliphatic rings. The van der Waals surface area contributed by atoms with E-state index in [2.05, 4.69) is 0 Å². The van der Waals surface area contributed by atoms with Crippen LogP contribution in [0.4, 0.5) is 0 Å². The van der Waals surface area contributed by atoms with Gasteiger partial charge in [0.15, 0.2) is 0 Å². The van der Waals surface area contributed by atoms with Gasteiger partial charge in [-0.25, -0.2) is 0 Å². The molecule has 0 radical (unpaired) electrons. The van der Waals surface area contributed by atoms with Crippen molar-refractivity contribution in [2.24, 2.45) is 0 Å². The van der Waals surface area contributed by atoms with E-state index in [1.54, 1.807) is 37.4 Å². The highest BCUT2D eigenvalue weighted by Crippen LogP contribution is 1.98. The Morgan fingerprint density at radius 1 is 0.842 bits per heavy atom. The molecular formula is C12H14N2O4Si. The van der Waals surface area contributed by atoms with Crippen LogP contribution in [0.15, 0.2) is 58.4 Å². The van der Waals surface area contributed by atoms with Crippen LogP contribution < -0.4 is 20.2 Å². The molecule has 0 fully saturated rings. The van der Waals surface area contributed by atoms with E-state index in [4.69, 9.17) is 9.05 Å². The second-order valence-corrected chi connectivity index (χ2v) is 7.48. The minimum absolute atomic E-state index is 0.285. The summed E-state index contributed by atoms with van der Waals surface area (Å²) in [7, 11) is -2.72. The molecule has 0 amide bonds. The van der Waals surface area contributed by atoms with E-state index >= 15 is 0 Å². The number of pyridine rings is 2. The lowest BCUT2D eigenvalue weighted by Crippen LogP contribution is -2.53. The molecule has 7 heteroatoms. The quantitative estimate of drug-likeness (QED) is 0.753. The summed E-state index contributed by atoms with van der Waals surface area (Å²) in [4.78, 5) is 23.1. The Hall–Kier alpha value is -2.28. The summed E-state index contributed by atoms with van der Waals surface area (Å²) < 4.78 is 13.3. The first-order valence-corrected chi connectivity index (χ1v) is 8.54. The average molecular weight is 278 g/mol. The van der Waals surface area contributed by atoms with Crippen molar-refractivity contribution in [3.8, 4) is 0 Å². The largest absolute Gasteiger partial charge is 0.499 e. The molecule has 0 bridgehead atoms. The van der Waals surface area contributed by atoms with E-state index in [1.807, 2.05) is 0 Å². The third-order valence-corrected chi connectivity index (χ3v) is 3.49. The molecule has 0 atom stereocenters. The maximum absolute atomic E-state index is 11.6. The normalized spacial score (nSPS) is 11.1. The Morgan fingerprint density at radius 3 is 1.63 bits per heavy atom. The first-order chi connectivity index (χ1) is 8.98. The monoisotopic (exact) mass is 278 g/mol. The van der Waals surface area contributed by atoms with Gasteiger partial charge in [0.05, 0.1) is 0 Å². The average Bonchev–Trinajstić information content (AvgIpc) is 2.35. The van der Waals surface area contributed by atoms with Crippen LogP contribution in [-0.2, 0) is 0 Å². The van der Waals surface area contributed by atoms with Crippen molar-refractivity contribution < 1.29 is 9.05 Å². The van der Waals surface area contributed by atoms with E-state index in [9.17, 15) is 9.59 Å². The molecule has 0 aliphatic carbocycles. The van der Waals surface area contributed by atoms with Crippen molar-refractivity contribution in [3.63, 3.8) is 0 Å². The van der Waals surface area contributed by atoms with E-state index < -0.39 is 8.56 Å². The second-order valence-electron chi connectivity index (χ2n) is 4.31. The predicted molar refractivity (Wildman–Crippen MR) is 72.0 cm³/mol. The number of nitrogens with zero attached hydrogens (tertiary/aromatic N) is 2. The number of aromatic nitrogens is 2. The topological polar surface area (TPSA) is 62.5 Å². The minimum Gasteiger partial charge on any atom is -0.421 e. The van der Waals surface area contributed by atoms with E-state index in [-0.39, 0.29) is 11.1 Å². The van der Waals surface area contributed by atoms with Crippen LogP contribution in [0.1, 0.15) is 0 Å². The standard InChI is InChI=1S/C12H14N2O4Si/c1-19(2,17-13-9-5-3-7-11(13)15)18-14-10-6-4-8-12(14)16/h3-10H,1-2H3. The lowest BCUT2D eigenvalue weighted by atomic mass is 10.5. The molecule has 19 heavy (non-hydrogen) atoms. The van der Waals surface area contributed by atoms with Gasteiger partial charge in [-0.2, -0.15) is 9.46 Å². The molecule has 2 aromatic rings. The van der Waals surface area contributed by atoms with Gasteiger partial charge < -0.3 is 9.05 Å². The van der Waals surface area contributed by atoms with Crippen molar-refractivity contribution in [2.45, 2.75) is 13.1 Å². The summed E-state index contributed by atoms with van der Waals surface area (Å²) >= 11 is 0. The molecule has 100 valence electrons. The smallest absolute Gasteiger partial charge is 0.421 e. The molecule has 0 aromatic carbocycles. The molecule has 2 rings (SSSR count). The highest BCUT2D eigenvalue weighted by Gasteiger charge is 2.31. The second kappa shape index (κ2) is 5.15. The molecule has 0 aliphatic heterocycles. The SMILES string of the molecule is C[Si](C)(On1ccccc1=O)On1ccccc1=O. The van der Waals surface area contributed by atoms with Crippen LogP contribution in [0.2, 0.25) is 13.1 Å². The maximum atomic E-state index is 11.6. The summed E-state index contributed by atoms with van der Waals surface area (Å²) in [6, 6.07) is 9.39. The number of hydrogen-bond donors (Lipinski definition) is 0. The summed E-state index contributed by atoms with van der Waals surface area (Å²) in [6.45, 7) is 3.48. The summed E-state index contributed by atoms with van der Waals surface area (Å²) in [6.07, 6.45) is 3.02. The molecule has 0 saturated heterocycles. The van der Waals surface area contributed by atoms with Crippen LogP contribution in [0, 0.1) is 0 Å². The lowest BCUT2D eigenvalue weighted by Gasteiger charge is -2.24. The fourth-order valence-corrected chi connectivity index (χ4v) is 2.75. The van der Waals surface area contributed by atoms with Crippen molar-refractivity contribution in [3.05, 3.63) is 69.5 Å². The molecule has 0 spiro atoms. The van der Waals surface area contributed by atoms with Crippen LogP contribution in [0.3, 0.4) is 0 Å². The Labute approximate surface area is 110 Å². The first-order valence-electron chi connectivity index (χ1n) is 5.72. The zero-order valence-corrected chi connectivity index (χ0v) is 11.6. The molecule has 2 aromatic heterocycles. The summed E-state index contributed by atoms with van der Waals surface area (Å²) in [5.41, 5.74) is -0.570. The fourth-order valence-electron chi connectivity index (χ4n) is 1.47. The zero-order chi connectivity index (χ0) is 13.9. The van der Waals surface area contributed by atoms with Gasteiger partial charge >= 0.3 is 8.56 Å². The van der Waals surface area contributed by atoms with Gasteiger partial charge in [-0.1, -0.05) is 12.1 Å². The predicted octanol–water partition coefficient (Wildman–Crippen LogP) is 0.269. The number of hydrogen-bond acceptors (Lipinski definition) is 4. The molecule has 0 N–H and O–H groups in total. The van der Waals surface area contributed by atoms with Crippen LogP contribution in [0.5, 0.6) is 0 Å². The van der Waals surface area contributed by atoms with Gasteiger partial charge in [-0.15, -0.1) is 0 Å². The van der Waals surface area contributed by atoms with E-state index in [0.29, 0.717) is 0 Å². The van der Waals surface area contributed by atoms with Gasteiger partial charge in [0, 0.05) is 37.6 Å². The number of rotatable bonds is 4. The third kappa shape index (κ3) is 3.35. The molecule has 2 heterocycles. The van der Waals surface area contributed by atoms with Gasteiger partial charge in [0.2, 0.25) is 0 Å². The fraction of sp³-hybridized carbons (Fsp3) is 0.167. The Balaban J connectivity index is 2.20. The van der Waals surface area contributed by atoms with Crippen molar-refractivity contribution in [1.29, 1.82) is 0 Å². The van der Waals surface area contributed by atoms with Gasteiger partial charge in [0.25, 0.3) is 11.1 Å². The van der Waals surface area contributed by atoms with Gasteiger partial charge in [0.1, 0.15) is 0 Å². The van der Waals surface area contributed by atoms with Crippen molar-refractivity contribution >= 4 is 8.56 Å².